The van der Waals surface area contributed by atoms with Crippen molar-refractivity contribution in [2.45, 2.75) is 19.1 Å². The maximum atomic E-state index is 14.1. The molecule has 0 spiro atoms. The Morgan fingerprint density at radius 3 is 2.56 bits per heavy atom. The number of aromatic nitrogens is 2. The fourth-order valence-electron chi connectivity index (χ4n) is 4.33. The standard InChI is InChI=1S/C28H19F3N7O/c1-16(36-25-19(12-32)14-35-27(33)37-25)23-11-17-6-5-9-22(18-10-20(15-34-13-18)28(29,30)31)24(17)26(39)38(23)21-7-3-2-4-8-21/h2-11,13-16H,1H3,(H2,33,36,37)/q-1. The number of benzene rings is 2. The number of nitrogens with zero attached hydrogens (tertiary/aromatic N) is 6. The van der Waals surface area contributed by atoms with E-state index in [9.17, 15) is 23.4 Å². The highest BCUT2D eigenvalue weighted by Gasteiger charge is 2.31. The highest BCUT2D eigenvalue weighted by atomic mass is 19.4. The molecule has 1 atom stereocenters. The van der Waals surface area contributed by atoms with Crippen LogP contribution < -0.4 is 11.3 Å². The van der Waals surface area contributed by atoms with Gasteiger partial charge in [0.05, 0.1) is 28.3 Å². The van der Waals surface area contributed by atoms with Gasteiger partial charge < -0.3 is 11.1 Å². The van der Waals surface area contributed by atoms with E-state index in [1.807, 2.05) is 5.87 Å². The average molecular weight is 527 g/mol. The van der Waals surface area contributed by atoms with Crippen LogP contribution in [-0.2, 0) is 6.18 Å². The third-order valence-corrected chi connectivity index (χ3v) is 6.12. The van der Waals surface area contributed by atoms with Crippen molar-refractivity contribution >= 4 is 34.7 Å². The molecule has 0 bridgehead atoms. The van der Waals surface area contributed by atoms with E-state index >= 15 is 0 Å². The van der Waals surface area contributed by atoms with Crippen molar-refractivity contribution < 1.29 is 13.2 Å². The number of para-hydroxylation sites is 1. The highest BCUT2D eigenvalue weighted by Crippen LogP contribution is 2.34. The average Bonchev–Trinajstić information content (AvgIpc) is 2.93. The molecule has 39 heavy (non-hydrogen) atoms. The first-order valence-corrected chi connectivity index (χ1v) is 11.7. The van der Waals surface area contributed by atoms with Crippen LogP contribution in [-0.4, -0.2) is 33.4 Å². The lowest BCUT2D eigenvalue weighted by molar-refractivity contribution is -0.137. The van der Waals surface area contributed by atoms with Crippen LogP contribution >= 0.6 is 0 Å². The Balaban J connectivity index is 1.78. The molecule has 1 unspecified atom stereocenters. The summed E-state index contributed by atoms with van der Waals surface area (Å²) in [4.78, 5) is 30.4. The van der Waals surface area contributed by atoms with Crippen molar-refractivity contribution in [1.82, 2.24) is 9.55 Å². The first kappa shape index (κ1) is 25.5. The topological polar surface area (TPSA) is 120 Å². The quantitative estimate of drug-likeness (QED) is 0.373. The van der Waals surface area contributed by atoms with Gasteiger partial charge in [0.2, 0.25) is 5.96 Å². The molecule has 5 rings (SSSR count). The second-order valence-electron chi connectivity index (χ2n) is 8.66. The molecule has 2 N–H and O–H groups in total. The second kappa shape index (κ2) is 9.96. The Labute approximate surface area is 219 Å². The van der Waals surface area contributed by atoms with Gasteiger partial charge in [-0.25, -0.2) is 4.99 Å². The predicted molar refractivity (Wildman–Crippen MR) is 146 cm³/mol. The summed E-state index contributed by atoms with van der Waals surface area (Å²) >= 11 is 0. The minimum absolute atomic E-state index is 0.0572. The summed E-state index contributed by atoms with van der Waals surface area (Å²) in [5, 5.41) is 10.2. The molecule has 2 aromatic carbocycles. The third kappa shape index (κ3) is 4.90. The molecular weight excluding hydrogens is 507 g/mol. The van der Waals surface area contributed by atoms with Crippen LogP contribution in [0.3, 0.4) is 0 Å². The number of pyridine rings is 2. The molecule has 194 valence electrons. The van der Waals surface area contributed by atoms with Crippen molar-refractivity contribution in [3.63, 3.8) is 0 Å². The second-order valence-corrected chi connectivity index (χ2v) is 8.66. The summed E-state index contributed by atoms with van der Waals surface area (Å²) in [7, 11) is 0. The maximum Gasteiger partial charge on any atom is 0.417 e. The van der Waals surface area contributed by atoms with Crippen LogP contribution in [0.25, 0.3) is 33.0 Å². The summed E-state index contributed by atoms with van der Waals surface area (Å²) in [6.07, 6.45) is -1.28. The summed E-state index contributed by atoms with van der Waals surface area (Å²) in [5.41, 5.74) is 5.92. The van der Waals surface area contributed by atoms with Crippen molar-refractivity contribution in [3.05, 3.63) is 106 Å². The first-order valence-electron chi connectivity index (χ1n) is 11.7. The lowest BCUT2D eigenvalue weighted by Crippen LogP contribution is -2.24. The molecule has 0 fully saturated rings. The van der Waals surface area contributed by atoms with E-state index in [1.54, 1.807) is 61.5 Å². The summed E-state index contributed by atoms with van der Waals surface area (Å²) in [6, 6.07) is 15.8. The number of halogens is 3. The number of guanidine groups is 1. The van der Waals surface area contributed by atoms with E-state index in [1.165, 1.54) is 17.0 Å². The SMILES string of the molecule is CC(N=C1N=C(N)N=CC1=C=[N-])c1cc2cccc(-c3cncc(C(F)(F)F)c3)c2c(=O)n1-c1ccccc1. The smallest absolute Gasteiger partial charge is 0.417 e. The molecule has 2 aromatic heterocycles. The number of aliphatic imine (C=N–C) groups is 3. The normalized spacial score (nSPS) is 15.3. The predicted octanol–water partition coefficient (Wildman–Crippen LogP) is 5.10. The molecule has 4 aromatic rings. The number of hydrogen-bond donors (Lipinski definition) is 1. The summed E-state index contributed by atoms with van der Waals surface area (Å²) in [6.45, 7) is 1.74. The number of hydrogen-bond acceptors (Lipinski definition) is 5. The van der Waals surface area contributed by atoms with E-state index < -0.39 is 23.3 Å². The molecule has 1 aliphatic rings. The lowest BCUT2D eigenvalue weighted by atomic mass is 9.98. The van der Waals surface area contributed by atoms with E-state index in [0.29, 0.717) is 22.3 Å². The zero-order chi connectivity index (χ0) is 27.7. The zero-order valence-electron chi connectivity index (χ0n) is 20.4. The number of alkyl halides is 3. The van der Waals surface area contributed by atoms with Gasteiger partial charge in [-0.2, -0.15) is 18.2 Å². The lowest BCUT2D eigenvalue weighted by Gasteiger charge is -2.20. The minimum Gasteiger partial charge on any atom is -0.763 e. The molecule has 0 radical (unpaired) electrons. The maximum absolute atomic E-state index is 14.1. The van der Waals surface area contributed by atoms with Gasteiger partial charge >= 0.3 is 6.18 Å². The monoisotopic (exact) mass is 526 g/mol. The van der Waals surface area contributed by atoms with Crippen LogP contribution in [0.2, 0.25) is 0 Å². The Bertz CT molecular complexity index is 1800. The molecule has 11 heteroatoms. The number of fused-ring (bicyclic) bond motifs is 1. The number of amidine groups is 1. The van der Waals surface area contributed by atoms with Gasteiger partial charge in [0.1, 0.15) is 0 Å². The van der Waals surface area contributed by atoms with Crippen molar-refractivity contribution in [2.24, 2.45) is 20.7 Å². The molecule has 3 heterocycles. The third-order valence-electron chi connectivity index (χ3n) is 6.12. The van der Waals surface area contributed by atoms with Crippen molar-refractivity contribution in [1.29, 1.82) is 0 Å². The van der Waals surface area contributed by atoms with Gasteiger partial charge in [-0.1, -0.05) is 36.4 Å². The fourth-order valence-corrected chi connectivity index (χ4v) is 4.33. The molecule has 1 aliphatic heterocycles. The van der Waals surface area contributed by atoms with Gasteiger partial charge in [0.25, 0.3) is 5.56 Å². The Kier molecular flexibility index (Phi) is 6.51. The Hall–Kier alpha value is -5.15. The summed E-state index contributed by atoms with van der Waals surface area (Å²) < 4.78 is 41.7. The van der Waals surface area contributed by atoms with Crippen LogP contribution in [0.1, 0.15) is 24.2 Å². The molecule has 0 saturated carbocycles. The Morgan fingerprint density at radius 1 is 1.08 bits per heavy atom. The fraction of sp³-hybridized carbons (Fsp3) is 0.107. The van der Waals surface area contributed by atoms with E-state index in [4.69, 9.17) is 5.73 Å². The van der Waals surface area contributed by atoms with Crippen LogP contribution in [0, 0.1) is 0 Å². The molecule has 0 aliphatic carbocycles. The first-order chi connectivity index (χ1) is 18.7. The largest absolute Gasteiger partial charge is 0.763 e. The van der Waals surface area contributed by atoms with Gasteiger partial charge in [0.15, 0.2) is 5.84 Å². The van der Waals surface area contributed by atoms with E-state index in [-0.39, 0.29) is 28.3 Å². The highest BCUT2D eigenvalue weighted by molar-refractivity contribution is 6.28. The van der Waals surface area contributed by atoms with Gasteiger partial charge in [-0.3, -0.25) is 25.2 Å². The van der Waals surface area contributed by atoms with Gasteiger partial charge in [-0.15, -0.1) is 0 Å². The van der Waals surface area contributed by atoms with Crippen molar-refractivity contribution in [3.8, 4) is 16.8 Å². The molecule has 0 amide bonds. The van der Waals surface area contributed by atoms with Crippen LogP contribution in [0.5, 0.6) is 0 Å². The summed E-state index contributed by atoms with van der Waals surface area (Å²) in [5.74, 6) is 2.00. The van der Waals surface area contributed by atoms with E-state index in [2.05, 4.69) is 20.0 Å². The van der Waals surface area contributed by atoms with Gasteiger partial charge in [0, 0.05) is 29.9 Å². The Morgan fingerprint density at radius 2 is 1.85 bits per heavy atom. The number of rotatable bonds is 4. The van der Waals surface area contributed by atoms with E-state index in [0.717, 1.165) is 12.3 Å². The van der Waals surface area contributed by atoms with Crippen LogP contribution in [0.15, 0.2) is 98.4 Å². The zero-order valence-corrected chi connectivity index (χ0v) is 20.4. The number of nitrogens with two attached hydrogens (primary N) is 1. The molecule has 0 saturated heterocycles. The molecular formula is C28H19F3N7O-. The minimum atomic E-state index is -4.59. The van der Waals surface area contributed by atoms with Crippen molar-refractivity contribution in [2.75, 3.05) is 0 Å². The van der Waals surface area contributed by atoms with Crippen LogP contribution in [0.4, 0.5) is 13.2 Å². The molecule has 8 nitrogen and oxygen atoms in total. The van der Waals surface area contributed by atoms with Gasteiger partial charge in [-0.05, 0) is 42.1 Å².